The van der Waals surface area contributed by atoms with Crippen molar-refractivity contribution >= 4 is 0 Å². The number of rotatable bonds is 4. The van der Waals surface area contributed by atoms with Gasteiger partial charge in [-0.2, -0.15) is 0 Å². The molecule has 0 saturated carbocycles. The van der Waals surface area contributed by atoms with Gasteiger partial charge >= 0.3 is 0 Å². The molecule has 0 fully saturated rings. The maximum Gasteiger partial charge on any atom is 0.136 e. The number of hydrogen-bond donors (Lipinski definition) is 0. The lowest BCUT2D eigenvalue weighted by Crippen LogP contribution is -2.04. The molecule has 2 nitrogen and oxygen atoms in total. The third kappa shape index (κ3) is 2.16. The first-order chi connectivity index (χ1) is 7.83. The van der Waals surface area contributed by atoms with E-state index in [2.05, 4.69) is 41.7 Å². The molecule has 0 bridgehead atoms. The van der Waals surface area contributed by atoms with Gasteiger partial charge in [0.05, 0.1) is 0 Å². The lowest BCUT2D eigenvalue weighted by atomic mass is 10.0. The molecule has 1 atom stereocenters. The maximum absolute atomic E-state index is 4.39. The first-order valence-electron chi connectivity index (χ1n) is 5.91. The molecule has 0 radical (unpaired) electrons. The summed E-state index contributed by atoms with van der Waals surface area (Å²) in [4.78, 5) is 4.39. The molecule has 0 spiro atoms. The summed E-state index contributed by atoms with van der Waals surface area (Å²) in [6.07, 6.45) is 6.36. The fraction of sp³-hybridized carbons (Fsp3) is 0.357. The van der Waals surface area contributed by atoms with Gasteiger partial charge in [0.1, 0.15) is 5.82 Å². The van der Waals surface area contributed by atoms with Gasteiger partial charge in [0.2, 0.25) is 0 Å². The summed E-state index contributed by atoms with van der Waals surface area (Å²) in [6.45, 7) is 4.50. The van der Waals surface area contributed by atoms with Crippen LogP contribution in [-0.2, 0) is 0 Å². The third-order valence-electron chi connectivity index (χ3n) is 2.90. The standard InChI is InChI=1S/C14H18N2/c1-3-7-12(2)13-8-6-11-16(13)14-9-4-5-10-15-14/h4-6,8-12H,3,7H2,1-2H3. The van der Waals surface area contributed by atoms with Crippen LogP contribution in [0.15, 0.2) is 42.7 Å². The van der Waals surface area contributed by atoms with Gasteiger partial charge in [-0.1, -0.05) is 26.3 Å². The summed E-state index contributed by atoms with van der Waals surface area (Å²) in [7, 11) is 0. The molecule has 0 saturated heterocycles. The smallest absolute Gasteiger partial charge is 0.136 e. The Bertz CT molecular complexity index is 431. The Morgan fingerprint density at radius 1 is 1.25 bits per heavy atom. The van der Waals surface area contributed by atoms with E-state index in [1.807, 2.05) is 24.4 Å². The van der Waals surface area contributed by atoms with Crippen molar-refractivity contribution in [1.82, 2.24) is 9.55 Å². The fourth-order valence-electron chi connectivity index (χ4n) is 2.08. The summed E-state index contributed by atoms with van der Waals surface area (Å²) in [6, 6.07) is 10.3. The zero-order chi connectivity index (χ0) is 11.4. The highest BCUT2D eigenvalue weighted by atomic mass is 15.1. The van der Waals surface area contributed by atoms with E-state index in [-0.39, 0.29) is 0 Å². The zero-order valence-electron chi connectivity index (χ0n) is 9.93. The van der Waals surface area contributed by atoms with Crippen molar-refractivity contribution in [3.63, 3.8) is 0 Å². The monoisotopic (exact) mass is 214 g/mol. The average Bonchev–Trinajstić information content (AvgIpc) is 2.79. The summed E-state index contributed by atoms with van der Waals surface area (Å²) < 4.78 is 2.18. The Kier molecular flexibility index (Phi) is 3.40. The van der Waals surface area contributed by atoms with Crippen molar-refractivity contribution in [3.05, 3.63) is 48.4 Å². The molecule has 2 heterocycles. The van der Waals surface area contributed by atoms with Crippen LogP contribution in [0.25, 0.3) is 5.82 Å². The van der Waals surface area contributed by atoms with Crippen LogP contribution >= 0.6 is 0 Å². The van der Waals surface area contributed by atoms with E-state index in [9.17, 15) is 0 Å². The molecule has 0 N–H and O–H groups in total. The quantitative estimate of drug-likeness (QED) is 0.757. The van der Waals surface area contributed by atoms with Gasteiger partial charge in [-0.15, -0.1) is 0 Å². The zero-order valence-corrected chi connectivity index (χ0v) is 9.93. The van der Waals surface area contributed by atoms with Crippen LogP contribution in [0.2, 0.25) is 0 Å². The second-order valence-electron chi connectivity index (χ2n) is 4.18. The Morgan fingerprint density at radius 3 is 2.81 bits per heavy atom. The first-order valence-corrected chi connectivity index (χ1v) is 5.91. The largest absolute Gasteiger partial charge is 0.305 e. The minimum atomic E-state index is 0.585. The molecule has 0 aliphatic rings. The van der Waals surface area contributed by atoms with Crippen LogP contribution < -0.4 is 0 Å². The molecule has 2 aromatic heterocycles. The molecule has 2 heteroatoms. The third-order valence-corrected chi connectivity index (χ3v) is 2.90. The predicted octanol–water partition coefficient (Wildman–Crippen LogP) is 3.78. The van der Waals surface area contributed by atoms with E-state index in [0.29, 0.717) is 5.92 Å². The molecule has 16 heavy (non-hydrogen) atoms. The van der Waals surface area contributed by atoms with Crippen LogP contribution in [0.1, 0.15) is 38.3 Å². The lowest BCUT2D eigenvalue weighted by Gasteiger charge is -2.14. The summed E-state index contributed by atoms with van der Waals surface area (Å²) in [5.41, 5.74) is 1.35. The van der Waals surface area contributed by atoms with Crippen molar-refractivity contribution in [2.45, 2.75) is 32.6 Å². The topological polar surface area (TPSA) is 17.8 Å². The molecular weight excluding hydrogens is 196 g/mol. The van der Waals surface area contributed by atoms with Crippen LogP contribution in [0, 0.1) is 0 Å². The highest BCUT2D eigenvalue weighted by Crippen LogP contribution is 2.23. The Balaban J connectivity index is 2.33. The molecule has 84 valence electrons. The van der Waals surface area contributed by atoms with Gasteiger partial charge in [-0.05, 0) is 36.6 Å². The Labute approximate surface area is 97.0 Å². The minimum Gasteiger partial charge on any atom is -0.305 e. The van der Waals surface area contributed by atoms with Crippen molar-refractivity contribution in [2.24, 2.45) is 0 Å². The summed E-state index contributed by atoms with van der Waals surface area (Å²) in [5, 5.41) is 0. The van der Waals surface area contributed by atoms with Gasteiger partial charge in [-0.3, -0.25) is 0 Å². The van der Waals surface area contributed by atoms with E-state index < -0.39 is 0 Å². The number of pyridine rings is 1. The van der Waals surface area contributed by atoms with Crippen molar-refractivity contribution < 1.29 is 0 Å². The first kappa shape index (κ1) is 10.9. The van der Waals surface area contributed by atoms with E-state index in [1.54, 1.807) is 0 Å². The number of hydrogen-bond acceptors (Lipinski definition) is 1. The molecule has 2 rings (SSSR count). The van der Waals surface area contributed by atoms with Gasteiger partial charge in [0, 0.05) is 18.1 Å². The molecule has 0 aromatic carbocycles. The van der Waals surface area contributed by atoms with Crippen LogP contribution in [0.3, 0.4) is 0 Å². The molecule has 1 unspecified atom stereocenters. The molecule has 0 amide bonds. The van der Waals surface area contributed by atoms with Gasteiger partial charge in [-0.25, -0.2) is 4.98 Å². The fourth-order valence-corrected chi connectivity index (χ4v) is 2.08. The SMILES string of the molecule is CCCC(C)c1cccn1-c1ccccn1. The van der Waals surface area contributed by atoms with E-state index in [0.717, 1.165) is 5.82 Å². The maximum atomic E-state index is 4.39. The predicted molar refractivity (Wildman–Crippen MR) is 66.9 cm³/mol. The van der Waals surface area contributed by atoms with E-state index in [1.165, 1.54) is 18.5 Å². The Morgan fingerprint density at radius 2 is 2.12 bits per heavy atom. The van der Waals surface area contributed by atoms with Gasteiger partial charge in [0.25, 0.3) is 0 Å². The van der Waals surface area contributed by atoms with E-state index >= 15 is 0 Å². The molecular formula is C14H18N2. The number of nitrogens with zero attached hydrogens (tertiary/aromatic N) is 2. The summed E-state index contributed by atoms with van der Waals surface area (Å²) >= 11 is 0. The lowest BCUT2D eigenvalue weighted by molar-refractivity contribution is 0.633. The summed E-state index contributed by atoms with van der Waals surface area (Å²) in [5.74, 6) is 1.59. The normalized spacial score (nSPS) is 12.6. The number of aromatic nitrogens is 2. The second-order valence-corrected chi connectivity index (χ2v) is 4.18. The van der Waals surface area contributed by atoms with Gasteiger partial charge < -0.3 is 4.57 Å². The van der Waals surface area contributed by atoms with Crippen LogP contribution in [-0.4, -0.2) is 9.55 Å². The van der Waals surface area contributed by atoms with Crippen LogP contribution in [0.5, 0.6) is 0 Å². The van der Waals surface area contributed by atoms with Gasteiger partial charge in [0.15, 0.2) is 0 Å². The van der Waals surface area contributed by atoms with Crippen LogP contribution in [0.4, 0.5) is 0 Å². The van der Waals surface area contributed by atoms with Crippen molar-refractivity contribution in [3.8, 4) is 5.82 Å². The minimum absolute atomic E-state index is 0.585. The average molecular weight is 214 g/mol. The highest BCUT2D eigenvalue weighted by molar-refractivity contribution is 5.28. The molecule has 0 aliphatic carbocycles. The Hall–Kier alpha value is -1.57. The molecule has 0 aliphatic heterocycles. The highest BCUT2D eigenvalue weighted by Gasteiger charge is 2.10. The molecule has 2 aromatic rings. The van der Waals surface area contributed by atoms with Crippen molar-refractivity contribution in [2.75, 3.05) is 0 Å². The second kappa shape index (κ2) is 4.97. The van der Waals surface area contributed by atoms with Crippen molar-refractivity contribution in [1.29, 1.82) is 0 Å². The van der Waals surface area contributed by atoms with E-state index in [4.69, 9.17) is 0 Å².